The number of aryl methyl sites for hydroxylation is 2. The number of halogens is 2. The molecular weight excluding hydrogens is 275 g/mol. The number of hydrogen-bond donors (Lipinski definition) is 0. The molecule has 1 heterocycles. The molecule has 0 atom stereocenters. The minimum absolute atomic E-state index is 0.265. The smallest absolute Gasteiger partial charge is 0.161 e. The molecule has 3 aromatic rings. The summed E-state index contributed by atoms with van der Waals surface area (Å²) in [5.41, 5.74) is 3.05. The van der Waals surface area contributed by atoms with Crippen molar-refractivity contribution in [3.05, 3.63) is 58.5 Å². The highest BCUT2D eigenvalue weighted by Gasteiger charge is 2.13. The third kappa shape index (κ3) is 2.14. The molecule has 0 saturated heterocycles. The zero-order valence-electron chi connectivity index (χ0n) is 11.1. The normalized spacial score (nSPS) is 11.0. The van der Waals surface area contributed by atoms with Crippen molar-refractivity contribution >= 4 is 22.5 Å². The van der Waals surface area contributed by atoms with Gasteiger partial charge in [0.2, 0.25) is 0 Å². The largest absolute Gasteiger partial charge is 0.225 e. The lowest BCUT2D eigenvalue weighted by Gasteiger charge is -2.08. The molecule has 0 aliphatic heterocycles. The van der Waals surface area contributed by atoms with Crippen molar-refractivity contribution in [1.82, 2.24) is 9.97 Å². The lowest BCUT2D eigenvalue weighted by molar-refractivity contribution is 0.636. The van der Waals surface area contributed by atoms with Crippen molar-refractivity contribution in [3.8, 4) is 11.4 Å². The van der Waals surface area contributed by atoms with Crippen LogP contribution < -0.4 is 0 Å². The number of fused-ring (bicyclic) bond motifs is 1. The van der Waals surface area contributed by atoms with E-state index in [1.54, 1.807) is 6.07 Å². The highest BCUT2D eigenvalue weighted by Crippen LogP contribution is 2.29. The zero-order valence-corrected chi connectivity index (χ0v) is 11.9. The maximum atomic E-state index is 14.0. The van der Waals surface area contributed by atoms with Crippen LogP contribution >= 0.6 is 11.6 Å². The molecule has 0 amide bonds. The molecule has 100 valence electrons. The molecule has 0 saturated carbocycles. The summed E-state index contributed by atoms with van der Waals surface area (Å²) >= 11 is 6.21. The number of aromatic nitrogens is 2. The Hall–Kier alpha value is -2.00. The first-order chi connectivity index (χ1) is 9.56. The molecule has 0 spiro atoms. The summed E-state index contributed by atoms with van der Waals surface area (Å²) in [6.07, 6.45) is 0. The topological polar surface area (TPSA) is 25.8 Å². The van der Waals surface area contributed by atoms with Crippen LogP contribution in [0.1, 0.15) is 11.1 Å². The highest BCUT2D eigenvalue weighted by molar-refractivity contribution is 6.34. The van der Waals surface area contributed by atoms with Crippen LogP contribution in [-0.4, -0.2) is 9.97 Å². The fourth-order valence-electron chi connectivity index (χ4n) is 2.23. The van der Waals surface area contributed by atoms with Gasteiger partial charge in [0.25, 0.3) is 0 Å². The predicted molar refractivity (Wildman–Crippen MR) is 79.4 cm³/mol. The van der Waals surface area contributed by atoms with Gasteiger partial charge >= 0.3 is 0 Å². The minimum atomic E-state index is -0.385. The summed E-state index contributed by atoms with van der Waals surface area (Å²) in [6.45, 7) is 3.85. The second-order valence-corrected chi connectivity index (χ2v) is 5.15. The van der Waals surface area contributed by atoms with Gasteiger partial charge in [-0.1, -0.05) is 41.4 Å². The van der Waals surface area contributed by atoms with E-state index in [0.29, 0.717) is 11.2 Å². The van der Waals surface area contributed by atoms with Gasteiger partial charge in [0, 0.05) is 10.9 Å². The van der Waals surface area contributed by atoms with Gasteiger partial charge in [0.1, 0.15) is 16.5 Å². The fraction of sp³-hybridized carbons (Fsp3) is 0.125. The molecule has 3 rings (SSSR count). The molecule has 0 aliphatic rings. The average Bonchev–Trinajstić information content (AvgIpc) is 2.42. The number of rotatable bonds is 1. The first kappa shape index (κ1) is 13.0. The van der Waals surface area contributed by atoms with Gasteiger partial charge in [-0.05, 0) is 31.5 Å². The average molecular weight is 287 g/mol. The van der Waals surface area contributed by atoms with Crippen molar-refractivity contribution in [3.63, 3.8) is 0 Å². The Morgan fingerprint density at radius 3 is 2.60 bits per heavy atom. The van der Waals surface area contributed by atoms with Crippen LogP contribution in [0.5, 0.6) is 0 Å². The Kier molecular flexibility index (Phi) is 3.14. The monoisotopic (exact) mass is 286 g/mol. The van der Waals surface area contributed by atoms with E-state index in [1.165, 1.54) is 6.07 Å². The van der Waals surface area contributed by atoms with E-state index in [0.717, 1.165) is 16.7 Å². The first-order valence-corrected chi connectivity index (χ1v) is 6.63. The van der Waals surface area contributed by atoms with Crippen molar-refractivity contribution in [2.75, 3.05) is 0 Å². The standard InChI is InChI=1S/C16H12ClFN2/c1-9-4-3-5-11(8-9)16-19-14-12(18)7-6-10(2)13(14)15(17)20-16/h3-8H,1-2H3. The highest BCUT2D eigenvalue weighted by atomic mass is 35.5. The Morgan fingerprint density at radius 1 is 1.05 bits per heavy atom. The maximum Gasteiger partial charge on any atom is 0.161 e. The summed E-state index contributed by atoms with van der Waals surface area (Å²) in [5, 5.41) is 0.853. The summed E-state index contributed by atoms with van der Waals surface area (Å²) in [4.78, 5) is 8.64. The summed E-state index contributed by atoms with van der Waals surface area (Å²) < 4.78 is 14.0. The number of nitrogens with zero attached hydrogens (tertiary/aromatic N) is 2. The fourth-order valence-corrected chi connectivity index (χ4v) is 2.55. The molecule has 0 radical (unpaired) electrons. The van der Waals surface area contributed by atoms with Crippen molar-refractivity contribution in [1.29, 1.82) is 0 Å². The van der Waals surface area contributed by atoms with E-state index >= 15 is 0 Å². The lowest BCUT2D eigenvalue weighted by Crippen LogP contribution is -1.96. The van der Waals surface area contributed by atoms with Gasteiger partial charge in [-0.3, -0.25) is 0 Å². The minimum Gasteiger partial charge on any atom is -0.225 e. The van der Waals surface area contributed by atoms with Gasteiger partial charge in [0.05, 0.1) is 0 Å². The SMILES string of the molecule is Cc1cccc(-c2nc(Cl)c3c(C)ccc(F)c3n2)c1. The van der Waals surface area contributed by atoms with E-state index in [-0.39, 0.29) is 16.5 Å². The molecule has 0 bridgehead atoms. The Bertz CT molecular complexity index is 815. The molecular formula is C16H12ClFN2. The number of benzene rings is 2. The van der Waals surface area contributed by atoms with Gasteiger partial charge in [-0.15, -0.1) is 0 Å². The van der Waals surface area contributed by atoms with Crippen LogP contribution in [0.15, 0.2) is 36.4 Å². The van der Waals surface area contributed by atoms with Gasteiger partial charge < -0.3 is 0 Å². The molecule has 0 aliphatic carbocycles. The molecule has 1 aromatic heterocycles. The first-order valence-electron chi connectivity index (χ1n) is 6.25. The lowest BCUT2D eigenvalue weighted by atomic mass is 10.1. The molecule has 4 heteroatoms. The Labute approximate surface area is 121 Å². The van der Waals surface area contributed by atoms with Crippen LogP contribution in [0.3, 0.4) is 0 Å². The zero-order chi connectivity index (χ0) is 14.3. The summed E-state index contributed by atoms with van der Waals surface area (Å²) in [7, 11) is 0. The third-order valence-electron chi connectivity index (χ3n) is 3.24. The predicted octanol–water partition coefficient (Wildman–Crippen LogP) is 4.71. The molecule has 2 aromatic carbocycles. The van der Waals surface area contributed by atoms with E-state index in [4.69, 9.17) is 11.6 Å². The molecule has 0 unspecified atom stereocenters. The van der Waals surface area contributed by atoms with E-state index in [2.05, 4.69) is 9.97 Å². The van der Waals surface area contributed by atoms with E-state index < -0.39 is 0 Å². The Balaban J connectivity index is 2.32. The van der Waals surface area contributed by atoms with Gasteiger partial charge in [0.15, 0.2) is 5.82 Å². The van der Waals surface area contributed by atoms with Gasteiger partial charge in [-0.25, -0.2) is 14.4 Å². The molecule has 20 heavy (non-hydrogen) atoms. The van der Waals surface area contributed by atoms with Crippen molar-refractivity contribution in [2.24, 2.45) is 0 Å². The van der Waals surface area contributed by atoms with Gasteiger partial charge in [-0.2, -0.15) is 0 Å². The van der Waals surface area contributed by atoms with E-state index in [1.807, 2.05) is 38.1 Å². The maximum absolute atomic E-state index is 14.0. The third-order valence-corrected chi connectivity index (χ3v) is 3.51. The molecule has 2 nitrogen and oxygen atoms in total. The second kappa shape index (κ2) is 4.84. The van der Waals surface area contributed by atoms with Crippen LogP contribution in [0.2, 0.25) is 5.15 Å². The summed E-state index contributed by atoms with van der Waals surface area (Å²) in [5.74, 6) is 0.0551. The number of hydrogen-bond acceptors (Lipinski definition) is 2. The second-order valence-electron chi connectivity index (χ2n) is 4.80. The van der Waals surface area contributed by atoms with Crippen LogP contribution in [0.25, 0.3) is 22.3 Å². The van der Waals surface area contributed by atoms with Crippen molar-refractivity contribution < 1.29 is 4.39 Å². The molecule has 0 fully saturated rings. The quantitative estimate of drug-likeness (QED) is 0.606. The summed E-state index contributed by atoms with van der Waals surface area (Å²) in [6, 6.07) is 10.8. The van der Waals surface area contributed by atoms with E-state index in [9.17, 15) is 4.39 Å². The molecule has 0 N–H and O–H groups in total. The van der Waals surface area contributed by atoms with Crippen LogP contribution in [0.4, 0.5) is 4.39 Å². The Morgan fingerprint density at radius 2 is 1.85 bits per heavy atom. The van der Waals surface area contributed by atoms with Crippen molar-refractivity contribution in [2.45, 2.75) is 13.8 Å². The van der Waals surface area contributed by atoms with Crippen LogP contribution in [-0.2, 0) is 0 Å². The van der Waals surface area contributed by atoms with Crippen LogP contribution in [0, 0.1) is 19.7 Å².